The van der Waals surface area contributed by atoms with Crippen molar-refractivity contribution in [3.63, 3.8) is 0 Å². The molecule has 0 bridgehead atoms. The monoisotopic (exact) mass is 402 g/mol. The summed E-state index contributed by atoms with van der Waals surface area (Å²) in [5, 5.41) is 3.04. The van der Waals surface area contributed by atoms with Crippen LogP contribution in [0.2, 0.25) is 0 Å². The van der Waals surface area contributed by atoms with Crippen LogP contribution in [0.4, 0.5) is 5.69 Å². The van der Waals surface area contributed by atoms with E-state index in [9.17, 15) is 13.2 Å². The molecule has 0 aliphatic rings. The Kier molecular flexibility index (Phi) is 6.24. The van der Waals surface area contributed by atoms with Gasteiger partial charge in [-0.2, -0.15) is 0 Å². The van der Waals surface area contributed by atoms with Gasteiger partial charge < -0.3 is 5.32 Å². The van der Waals surface area contributed by atoms with Crippen LogP contribution in [0.25, 0.3) is 0 Å². The molecule has 1 amide bonds. The number of nitrogens with zero attached hydrogens (tertiary/aromatic N) is 1. The van der Waals surface area contributed by atoms with Crippen LogP contribution in [0.1, 0.15) is 51.4 Å². The topological polar surface area (TPSA) is 66.5 Å². The largest absolute Gasteiger partial charge is 0.347 e. The van der Waals surface area contributed by atoms with Crippen molar-refractivity contribution in [1.82, 2.24) is 5.32 Å². The number of sulfonamides is 1. The van der Waals surface area contributed by atoms with Crippen molar-refractivity contribution >= 4 is 21.6 Å². The van der Waals surface area contributed by atoms with Crippen LogP contribution in [0.3, 0.4) is 0 Å². The molecule has 28 heavy (non-hydrogen) atoms. The molecule has 0 saturated carbocycles. The Morgan fingerprint density at radius 3 is 1.96 bits per heavy atom. The first-order valence-electron chi connectivity index (χ1n) is 9.28. The molecule has 0 aliphatic heterocycles. The van der Waals surface area contributed by atoms with Crippen LogP contribution >= 0.6 is 0 Å². The van der Waals surface area contributed by atoms with E-state index in [2.05, 4.69) is 26.1 Å². The van der Waals surface area contributed by atoms with Crippen LogP contribution in [0.5, 0.6) is 0 Å². The van der Waals surface area contributed by atoms with Gasteiger partial charge in [-0.3, -0.25) is 9.10 Å². The van der Waals surface area contributed by atoms with E-state index < -0.39 is 10.0 Å². The summed E-state index contributed by atoms with van der Waals surface area (Å²) in [6, 6.07) is 14.9. The van der Waals surface area contributed by atoms with E-state index in [1.54, 1.807) is 36.4 Å². The highest BCUT2D eigenvalue weighted by Crippen LogP contribution is 2.27. The number of para-hydroxylation sites is 1. The first kappa shape index (κ1) is 22.0. The molecule has 0 spiro atoms. The van der Waals surface area contributed by atoms with E-state index in [4.69, 9.17) is 0 Å². The number of hydrogen-bond donors (Lipinski definition) is 1. The van der Waals surface area contributed by atoms with Gasteiger partial charge >= 0.3 is 0 Å². The van der Waals surface area contributed by atoms with Gasteiger partial charge in [0, 0.05) is 18.2 Å². The number of nitrogens with one attached hydrogen (secondary N) is 1. The predicted octanol–water partition coefficient (Wildman–Crippen LogP) is 4.46. The standard InChI is InChI=1S/C22H30N2O3S/c1-21(2,3)16-22(4,5)23-20(25)17-12-14-19(15-13-17)28(26,27)24(6)18-10-8-7-9-11-18/h7-15H,16H2,1-6H3,(H,23,25). The molecule has 2 aromatic carbocycles. The summed E-state index contributed by atoms with van der Waals surface area (Å²) in [7, 11) is -2.18. The number of benzene rings is 2. The Morgan fingerprint density at radius 1 is 0.929 bits per heavy atom. The van der Waals surface area contributed by atoms with Crippen molar-refractivity contribution in [2.75, 3.05) is 11.4 Å². The molecule has 0 fully saturated rings. The maximum Gasteiger partial charge on any atom is 0.264 e. The molecule has 0 aliphatic carbocycles. The molecule has 152 valence electrons. The minimum Gasteiger partial charge on any atom is -0.347 e. The second-order valence-corrected chi connectivity index (χ2v) is 10.9. The quantitative estimate of drug-likeness (QED) is 0.776. The lowest BCUT2D eigenvalue weighted by Crippen LogP contribution is -2.45. The maximum absolute atomic E-state index is 12.8. The van der Waals surface area contributed by atoms with Crippen molar-refractivity contribution in [1.29, 1.82) is 0 Å². The molecule has 0 saturated heterocycles. The fourth-order valence-corrected chi connectivity index (χ4v) is 4.66. The highest BCUT2D eigenvalue weighted by atomic mass is 32.2. The van der Waals surface area contributed by atoms with Gasteiger partial charge in [0.15, 0.2) is 0 Å². The third-order valence-corrected chi connectivity index (χ3v) is 6.12. The highest BCUT2D eigenvalue weighted by molar-refractivity contribution is 7.92. The number of rotatable bonds is 6. The van der Waals surface area contributed by atoms with Crippen LogP contribution in [0.15, 0.2) is 59.5 Å². The lowest BCUT2D eigenvalue weighted by molar-refractivity contribution is 0.0891. The molecule has 0 atom stereocenters. The van der Waals surface area contributed by atoms with Crippen LogP contribution in [0, 0.1) is 5.41 Å². The Balaban J connectivity index is 2.17. The zero-order chi connectivity index (χ0) is 21.2. The number of amides is 1. The van der Waals surface area contributed by atoms with Gasteiger partial charge in [0.25, 0.3) is 15.9 Å². The van der Waals surface area contributed by atoms with Crippen molar-refractivity contribution in [3.05, 3.63) is 60.2 Å². The zero-order valence-corrected chi connectivity index (χ0v) is 18.3. The van der Waals surface area contributed by atoms with Crippen LogP contribution < -0.4 is 9.62 Å². The normalized spacial score (nSPS) is 12.5. The Hall–Kier alpha value is -2.34. The number of carbonyl (C=O) groups excluding carboxylic acids is 1. The Bertz CT molecular complexity index is 913. The SMILES string of the molecule is CN(c1ccccc1)S(=O)(=O)c1ccc(C(=O)NC(C)(C)CC(C)(C)C)cc1. The van der Waals surface area contributed by atoms with Gasteiger partial charge in [-0.15, -0.1) is 0 Å². The van der Waals surface area contributed by atoms with Crippen molar-refractivity contribution in [2.24, 2.45) is 5.41 Å². The average molecular weight is 403 g/mol. The minimum absolute atomic E-state index is 0.0801. The summed E-state index contributed by atoms with van der Waals surface area (Å²) in [4.78, 5) is 12.7. The van der Waals surface area contributed by atoms with Gasteiger partial charge in [-0.1, -0.05) is 39.0 Å². The smallest absolute Gasteiger partial charge is 0.264 e. The number of carbonyl (C=O) groups is 1. The predicted molar refractivity (Wildman–Crippen MR) is 114 cm³/mol. The van der Waals surface area contributed by atoms with Crippen LogP contribution in [-0.4, -0.2) is 26.9 Å². The van der Waals surface area contributed by atoms with Crippen molar-refractivity contribution in [3.8, 4) is 0 Å². The number of anilines is 1. The summed E-state index contributed by atoms with van der Waals surface area (Å²) in [6.07, 6.45) is 0.820. The fraction of sp³-hybridized carbons (Fsp3) is 0.409. The molecule has 2 rings (SSSR count). The molecule has 0 aromatic heterocycles. The molecule has 2 aromatic rings. The second-order valence-electron chi connectivity index (χ2n) is 8.91. The van der Waals surface area contributed by atoms with E-state index in [1.807, 2.05) is 19.9 Å². The summed E-state index contributed by atoms with van der Waals surface area (Å²) in [5.74, 6) is -0.213. The average Bonchev–Trinajstić information content (AvgIpc) is 2.59. The molecule has 1 N–H and O–H groups in total. The van der Waals surface area contributed by atoms with Crippen LogP contribution in [-0.2, 0) is 10.0 Å². The Labute approximate surface area is 168 Å². The molecule has 6 heteroatoms. The van der Waals surface area contributed by atoms with E-state index in [0.29, 0.717) is 11.3 Å². The fourth-order valence-electron chi connectivity index (χ4n) is 3.46. The molecule has 0 unspecified atom stereocenters. The first-order chi connectivity index (χ1) is 12.8. The molecular formula is C22H30N2O3S. The van der Waals surface area contributed by atoms with Gasteiger partial charge in [0.05, 0.1) is 10.6 Å². The lowest BCUT2D eigenvalue weighted by Gasteiger charge is -2.33. The number of hydrogen-bond acceptors (Lipinski definition) is 3. The summed E-state index contributed by atoms with van der Waals surface area (Å²) >= 11 is 0. The first-order valence-corrected chi connectivity index (χ1v) is 10.7. The van der Waals surface area contributed by atoms with E-state index in [1.165, 1.54) is 23.5 Å². The van der Waals surface area contributed by atoms with Gasteiger partial charge in [0.2, 0.25) is 0 Å². The third kappa shape index (κ3) is 5.58. The third-order valence-electron chi connectivity index (χ3n) is 4.32. The van der Waals surface area contributed by atoms with Crippen molar-refractivity contribution in [2.45, 2.75) is 51.5 Å². The zero-order valence-electron chi connectivity index (χ0n) is 17.5. The van der Waals surface area contributed by atoms with E-state index in [0.717, 1.165) is 6.42 Å². The van der Waals surface area contributed by atoms with E-state index in [-0.39, 0.29) is 21.8 Å². The summed E-state index contributed by atoms with van der Waals surface area (Å²) in [6.45, 7) is 10.4. The maximum atomic E-state index is 12.8. The van der Waals surface area contributed by atoms with Gasteiger partial charge in [-0.05, 0) is 62.1 Å². The molecular weight excluding hydrogens is 372 g/mol. The van der Waals surface area contributed by atoms with Crippen molar-refractivity contribution < 1.29 is 13.2 Å². The Morgan fingerprint density at radius 2 is 1.46 bits per heavy atom. The lowest BCUT2D eigenvalue weighted by atomic mass is 9.81. The minimum atomic E-state index is -3.69. The van der Waals surface area contributed by atoms with E-state index >= 15 is 0 Å². The summed E-state index contributed by atoms with van der Waals surface area (Å²) < 4.78 is 26.9. The van der Waals surface area contributed by atoms with Gasteiger partial charge in [0.1, 0.15) is 0 Å². The summed E-state index contributed by atoms with van der Waals surface area (Å²) in [5.41, 5.74) is 0.723. The second kappa shape index (κ2) is 7.95. The van der Waals surface area contributed by atoms with Gasteiger partial charge in [-0.25, -0.2) is 8.42 Å². The molecule has 5 nitrogen and oxygen atoms in total. The highest BCUT2D eigenvalue weighted by Gasteiger charge is 2.28. The molecule has 0 radical (unpaired) electrons. The molecule has 0 heterocycles.